The number of aryl methyl sites for hydroxylation is 1. The van der Waals surface area contributed by atoms with Crippen molar-refractivity contribution in [1.29, 1.82) is 0 Å². The third-order valence-corrected chi connectivity index (χ3v) is 6.43. The third-order valence-electron chi connectivity index (χ3n) is 6.43. The fourth-order valence-electron chi connectivity index (χ4n) is 4.36. The first-order chi connectivity index (χ1) is 16.6. The minimum absolute atomic E-state index is 0.0919. The molecule has 1 aromatic heterocycles. The Bertz CT molecular complexity index is 891. The van der Waals surface area contributed by atoms with Gasteiger partial charge in [0.05, 0.1) is 18.7 Å². The number of hydrogen-bond donors (Lipinski definition) is 1. The molecule has 0 spiro atoms. The molecule has 0 saturated carbocycles. The van der Waals surface area contributed by atoms with Gasteiger partial charge >= 0.3 is 0 Å². The van der Waals surface area contributed by atoms with E-state index in [1.165, 1.54) is 51.4 Å². The quantitative estimate of drug-likeness (QED) is 0.167. The molecule has 2 aromatic rings. The van der Waals surface area contributed by atoms with Gasteiger partial charge in [-0.3, -0.25) is 4.79 Å². The van der Waals surface area contributed by atoms with Gasteiger partial charge in [0.15, 0.2) is 5.75 Å². The molecule has 34 heavy (non-hydrogen) atoms. The van der Waals surface area contributed by atoms with Crippen LogP contribution in [0.5, 0.6) is 11.5 Å². The average molecular weight is 473 g/mol. The Balaban J connectivity index is 2.31. The number of nitrogens with zero attached hydrogens (tertiary/aromatic N) is 1. The Hall–Kier alpha value is -2.17. The Morgan fingerprint density at radius 3 is 1.85 bits per heavy atom. The second-order valence-electron chi connectivity index (χ2n) is 9.48. The van der Waals surface area contributed by atoms with Crippen LogP contribution in [0, 0.1) is 0 Å². The van der Waals surface area contributed by atoms with Crippen molar-refractivity contribution in [1.82, 2.24) is 4.57 Å². The molecule has 5 heteroatoms. The summed E-state index contributed by atoms with van der Waals surface area (Å²) in [5.74, 6) is 0.960. The van der Waals surface area contributed by atoms with Crippen LogP contribution in [0.4, 0.5) is 5.69 Å². The lowest BCUT2D eigenvalue weighted by atomic mass is 10.1. The van der Waals surface area contributed by atoms with Gasteiger partial charge in [0.1, 0.15) is 0 Å². The van der Waals surface area contributed by atoms with Gasteiger partial charge in [-0.1, -0.05) is 91.4 Å². The smallest absolute Gasteiger partial charge is 0.297 e. The Kier molecular flexibility index (Phi) is 13.6. The zero-order valence-electron chi connectivity index (χ0n) is 22.0. The van der Waals surface area contributed by atoms with Crippen LogP contribution in [0.2, 0.25) is 0 Å². The second kappa shape index (κ2) is 16.5. The van der Waals surface area contributed by atoms with E-state index in [2.05, 4.69) is 20.8 Å². The van der Waals surface area contributed by atoms with E-state index in [0.717, 1.165) is 49.4 Å². The molecule has 0 radical (unpaired) electrons. The third kappa shape index (κ3) is 8.88. The number of unbranched alkanes of at least 4 members (excludes halogenated alkanes) is 11. The van der Waals surface area contributed by atoms with E-state index in [1.807, 2.05) is 22.8 Å². The van der Waals surface area contributed by atoms with E-state index in [9.17, 15) is 4.79 Å². The summed E-state index contributed by atoms with van der Waals surface area (Å²) in [5.41, 5.74) is 7.55. The monoisotopic (exact) mass is 472 g/mol. The van der Waals surface area contributed by atoms with Gasteiger partial charge in [0, 0.05) is 17.6 Å². The van der Waals surface area contributed by atoms with Gasteiger partial charge in [-0.15, -0.1) is 0 Å². The van der Waals surface area contributed by atoms with Crippen LogP contribution >= 0.6 is 0 Å². The molecule has 0 aliphatic rings. The molecule has 1 aromatic carbocycles. The molecular weight excluding hydrogens is 424 g/mol. The maximum absolute atomic E-state index is 13.7. The summed E-state index contributed by atoms with van der Waals surface area (Å²) < 4.78 is 14.2. The fourth-order valence-corrected chi connectivity index (χ4v) is 4.36. The normalized spacial score (nSPS) is 11.3. The molecule has 0 aliphatic heterocycles. The number of aromatic nitrogens is 1. The SMILES string of the molecule is CCCCCCCCn1c(=O)c(OCCCCCC)c(OCCCCCC)c2ccc(N)cc21. The molecule has 0 unspecified atom stereocenters. The van der Waals surface area contributed by atoms with Gasteiger partial charge in [0.2, 0.25) is 5.75 Å². The molecule has 0 atom stereocenters. The van der Waals surface area contributed by atoms with E-state index in [1.54, 1.807) is 0 Å². The van der Waals surface area contributed by atoms with E-state index in [-0.39, 0.29) is 5.56 Å². The highest BCUT2D eigenvalue weighted by molar-refractivity contribution is 5.90. The molecule has 192 valence electrons. The van der Waals surface area contributed by atoms with Crippen LogP contribution < -0.4 is 20.8 Å². The Morgan fingerprint density at radius 1 is 0.706 bits per heavy atom. The van der Waals surface area contributed by atoms with Crippen LogP contribution in [0.25, 0.3) is 10.9 Å². The lowest BCUT2D eigenvalue weighted by Crippen LogP contribution is -2.24. The summed E-state index contributed by atoms with van der Waals surface area (Å²) in [6.07, 6.45) is 16.0. The van der Waals surface area contributed by atoms with Crippen molar-refractivity contribution >= 4 is 16.6 Å². The average Bonchev–Trinajstić information content (AvgIpc) is 2.83. The highest BCUT2D eigenvalue weighted by Crippen LogP contribution is 2.34. The largest absolute Gasteiger partial charge is 0.489 e. The number of benzene rings is 1. The van der Waals surface area contributed by atoms with Gasteiger partial charge in [-0.2, -0.15) is 0 Å². The van der Waals surface area contributed by atoms with Crippen molar-refractivity contribution in [3.8, 4) is 11.5 Å². The number of fused-ring (bicyclic) bond motifs is 1. The van der Waals surface area contributed by atoms with Crippen molar-refractivity contribution in [3.63, 3.8) is 0 Å². The summed E-state index contributed by atoms with van der Waals surface area (Å²) in [6.45, 7) is 8.43. The van der Waals surface area contributed by atoms with Crippen LogP contribution in [0.15, 0.2) is 23.0 Å². The van der Waals surface area contributed by atoms with Gasteiger partial charge in [-0.05, 0) is 37.5 Å². The van der Waals surface area contributed by atoms with E-state index in [0.29, 0.717) is 36.9 Å². The van der Waals surface area contributed by atoms with Gasteiger partial charge < -0.3 is 19.8 Å². The topological polar surface area (TPSA) is 66.5 Å². The van der Waals surface area contributed by atoms with Crippen LogP contribution in [-0.4, -0.2) is 17.8 Å². The van der Waals surface area contributed by atoms with Gasteiger partial charge in [0.25, 0.3) is 5.56 Å². The predicted octanol–water partition coefficient (Wildman–Crippen LogP) is 7.86. The van der Waals surface area contributed by atoms with E-state index >= 15 is 0 Å². The zero-order chi connectivity index (χ0) is 24.6. The maximum atomic E-state index is 13.7. The molecule has 2 rings (SSSR count). The zero-order valence-corrected chi connectivity index (χ0v) is 22.0. The molecule has 1 heterocycles. The first-order valence-corrected chi connectivity index (χ1v) is 13.9. The first kappa shape index (κ1) is 28.1. The first-order valence-electron chi connectivity index (χ1n) is 13.9. The highest BCUT2D eigenvalue weighted by atomic mass is 16.5. The van der Waals surface area contributed by atoms with E-state index < -0.39 is 0 Å². The lowest BCUT2D eigenvalue weighted by Gasteiger charge is -2.19. The molecular formula is C29H48N2O3. The number of anilines is 1. The number of rotatable bonds is 19. The molecule has 0 aliphatic carbocycles. The van der Waals surface area contributed by atoms with Crippen LogP contribution in [0.1, 0.15) is 111 Å². The van der Waals surface area contributed by atoms with Crippen molar-refractivity contribution in [2.75, 3.05) is 18.9 Å². The molecule has 0 bridgehead atoms. The summed E-state index contributed by atoms with van der Waals surface area (Å²) in [7, 11) is 0. The molecule has 2 N–H and O–H groups in total. The molecule has 5 nitrogen and oxygen atoms in total. The van der Waals surface area contributed by atoms with Crippen molar-refractivity contribution in [2.45, 2.75) is 117 Å². The Morgan fingerprint density at radius 2 is 1.24 bits per heavy atom. The summed E-state index contributed by atoms with van der Waals surface area (Å²) >= 11 is 0. The minimum Gasteiger partial charge on any atom is -0.489 e. The van der Waals surface area contributed by atoms with Crippen LogP contribution in [-0.2, 0) is 6.54 Å². The number of pyridine rings is 1. The summed E-state index contributed by atoms with van der Waals surface area (Å²) in [6, 6.07) is 5.77. The Labute approximate surface area is 207 Å². The van der Waals surface area contributed by atoms with Gasteiger partial charge in [-0.25, -0.2) is 0 Å². The summed E-state index contributed by atoms with van der Waals surface area (Å²) in [4.78, 5) is 13.7. The minimum atomic E-state index is -0.0919. The van der Waals surface area contributed by atoms with Crippen LogP contribution in [0.3, 0.4) is 0 Å². The highest BCUT2D eigenvalue weighted by Gasteiger charge is 2.20. The lowest BCUT2D eigenvalue weighted by molar-refractivity contribution is 0.256. The number of hydrogen-bond acceptors (Lipinski definition) is 4. The van der Waals surface area contributed by atoms with Crippen molar-refractivity contribution < 1.29 is 9.47 Å². The van der Waals surface area contributed by atoms with Crippen molar-refractivity contribution in [3.05, 3.63) is 28.6 Å². The molecule has 0 saturated heterocycles. The number of nitrogen functional groups attached to an aromatic ring is 1. The summed E-state index contributed by atoms with van der Waals surface area (Å²) in [5, 5.41) is 0.916. The van der Waals surface area contributed by atoms with E-state index in [4.69, 9.17) is 15.2 Å². The molecule has 0 amide bonds. The maximum Gasteiger partial charge on any atom is 0.297 e. The number of ether oxygens (including phenoxy) is 2. The fraction of sp³-hybridized carbons (Fsp3) is 0.690. The predicted molar refractivity (Wildman–Crippen MR) is 145 cm³/mol. The number of nitrogens with two attached hydrogens (primary N) is 1. The van der Waals surface area contributed by atoms with Crippen molar-refractivity contribution in [2.24, 2.45) is 0 Å². The standard InChI is InChI=1S/C29H48N2O3/c1-4-7-10-13-14-15-20-31-26-23-24(30)18-19-25(26)27(33-21-16-11-8-5-2)28(29(31)32)34-22-17-12-9-6-3/h18-19,23H,4-17,20-22,30H2,1-3H3. The molecule has 0 fully saturated rings. The second-order valence-corrected chi connectivity index (χ2v) is 9.48.